The lowest BCUT2D eigenvalue weighted by atomic mass is 9.65. The van der Waals surface area contributed by atoms with Crippen molar-refractivity contribution in [3.05, 3.63) is 24.0 Å². The van der Waals surface area contributed by atoms with Crippen LogP contribution in [0, 0.1) is 11.3 Å². The number of nitrogens with zero attached hydrogens (tertiary/aromatic N) is 1. The number of methoxy groups -OCH3 is 1. The summed E-state index contributed by atoms with van der Waals surface area (Å²) < 4.78 is 5.21. The number of pyridine rings is 1. The van der Waals surface area contributed by atoms with Crippen LogP contribution < -0.4 is 4.74 Å². The highest BCUT2D eigenvalue weighted by molar-refractivity contribution is 5.28. The third kappa shape index (κ3) is 2.98. The number of ether oxygens (including phenoxy) is 1. The highest BCUT2D eigenvalue weighted by Gasteiger charge is 2.39. The smallest absolute Gasteiger partial charge is 0.137 e. The van der Waals surface area contributed by atoms with E-state index in [1.807, 2.05) is 6.07 Å². The topological polar surface area (TPSA) is 42.4 Å². The number of rotatable bonds is 4. The Morgan fingerprint density at radius 1 is 1.35 bits per heavy atom. The summed E-state index contributed by atoms with van der Waals surface area (Å²) in [5, 5.41) is 10.9. The van der Waals surface area contributed by atoms with Gasteiger partial charge in [-0.1, -0.05) is 27.2 Å². The van der Waals surface area contributed by atoms with Gasteiger partial charge in [-0.3, -0.25) is 4.98 Å². The fraction of sp³-hybridized carbons (Fsp3) is 0.706. The molecule has 0 aromatic carbocycles. The Hall–Kier alpha value is -1.09. The number of hydrogen-bond acceptors (Lipinski definition) is 3. The average molecular weight is 277 g/mol. The molecule has 0 amide bonds. The Morgan fingerprint density at radius 2 is 2.00 bits per heavy atom. The zero-order chi connectivity index (χ0) is 14.8. The standard InChI is InChI=1S/C17H27NO2/c1-5-16(2,3)13-6-8-17(19,9-7-13)14-10-15(20-4)12-18-11-14/h10-13,19H,5-9H2,1-4H3. The van der Waals surface area contributed by atoms with Gasteiger partial charge in [-0.15, -0.1) is 0 Å². The molecule has 20 heavy (non-hydrogen) atoms. The van der Waals surface area contributed by atoms with Crippen LogP contribution in [-0.4, -0.2) is 17.2 Å². The molecule has 0 atom stereocenters. The van der Waals surface area contributed by atoms with Gasteiger partial charge in [0.2, 0.25) is 0 Å². The zero-order valence-corrected chi connectivity index (χ0v) is 13.1. The van der Waals surface area contributed by atoms with E-state index in [4.69, 9.17) is 4.74 Å². The summed E-state index contributed by atoms with van der Waals surface area (Å²) in [6.07, 6.45) is 8.43. The van der Waals surface area contributed by atoms with Crippen LogP contribution in [0.15, 0.2) is 18.5 Å². The van der Waals surface area contributed by atoms with Crippen LogP contribution in [0.3, 0.4) is 0 Å². The van der Waals surface area contributed by atoms with E-state index in [9.17, 15) is 5.11 Å². The largest absolute Gasteiger partial charge is 0.495 e. The van der Waals surface area contributed by atoms with Gasteiger partial charge in [-0.05, 0) is 43.1 Å². The predicted molar refractivity (Wildman–Crippen MR) is 80.7 cm³/mol. The summed E-state index contributed by atoms with van der Waals surface area (Å²) in [6.45, 7) is 6.94. The first-order valence-corrected chi connectivity index (χ1v) is 7.63. The van der Waals surface area contributed by atoms with Gasteiger partial charge in [0.1, 0.15) is 5.75 Å². The summed E-state index contributed by atoms with van der Waals surface area (Å²) in [4.78, 5) is 4.17. The van der Waals surface area contributed by atoms with Gasteiger partial charge in [-0.2, -0.15) is 0 Å². The van der Waals surface area contributed by atoms with Gasteiger partial charge in [0.05, 0.1) is 18.9 Å². The lowest BCUT2D eigenvalue weighted by Crippen LogP contribution is -2.36. The van der Waals surface area contributed by atoms with E-state index < -0.39 is 5.60 Å². The third-order valence-electron chi connectivity index (χ3n) is 5.32. The molecule has 1 saturated carbocycles. The van der Waals surface area contributed by atoms with Crippen molar-refractivity contribution < 1.29 is 9.84 Å². The molecule has 1 N–H and O–H groups in total. The summed E-state index contributed by atoms with van der Waals surface area (Å²) in [6, 6.07) is 1.91. The van der Waals surface area contributed by atoms with Crippen LogP contribution in [0.4, 0.5) is 0 Å². The molecular formula is C17H27NO2. The Morgan fingerprint density at radius 3 is 2.55 bits per heavy atom. The van der Waals surface area contributed by atoms with Crippen LogP contribution in [0.2, 0.25) is 0 Å². The maximum Gasteiger partial charge on any atom is 0.137 e. The second-order valence-electron chi connectivity index (χ2n) is 6.76. The quantitative estimate of drug-likeness (QED) is 0.907. The molecule has 1 aliphatic carbocycles. The van der Waals surface area contributed by atoms with Crippen molar-refractivity contribution in [2.24, 2.45) is 11.3 Å². The lowest BCUT2D eigenvalue weighted by Gasteiger charge is -2.42. The van der Waals surface area contributed by atoms with E-state index in [0.29, 0.717) is 17.1 Å². The van der Waals surface area contributed by atoms with E-state index in [-0.39, 0.29) is 0 Å². The third-order valence-corrected chi connectivity index (χ3v) is 5.32. The SMILES string of the molecule is CCC(C)(C)C1CCC(O)(c2cncc(OC)c2)CC1. The minimum absolute atomic E-state index is 0.369. The summed E-state index contributed by atoms with van der Waals surface area (Å²) >= 11 is 0. The molecule has 1 fully saturated rings. The molecule has 112 valence electrons. The summed E-state index contributed by atoms with van der Waals surface area (Å²) in [5.74, 6) is 1.42. The first-order valence-electron chi connectivity index (χ1n) is 7.63. The number of hydrogen-bond donors (Lipinski definition) is 1. The molecule has 1 heterocycles. The van der Waals surface area contributed by atoms with Crippen molar-refractivity contribution in [3.63, 3.8) is 0 Å². The second kappa shape index (κ2) is 5.72. The van der Waals surface area contributed by atoms with Gasteiger partial charge >= 0.3 is 0 Å². The van der Waals surface area contributed by atoms with E-state index >= 15 is 0 Å². The lowest BCUT2D eigenvalue weighted by molar-refractivity contribution is -0.0331. The highest BCUT2D eigenvalue weighted by atomic mass is 16.5. The molecule has 0 spiro atoms. The minimum Gasteiger partial charge on any atom is -0.495 e. The normalized spacial score (nSPS) is 27.4. The summed E-state index contributed by atoms with van der Waals surface area (Å²) in [7, 11) is 1.63. The molecule has 0 saturated heterocycles. The van der Waals surface area contributed by atoms with E-state index in [1.54, 1.807) is 19.5 Å². The fourth-order valence-electron chi connectivity index (χ4n) is 3.24. The van der Waals surface area contributed by atoms with Crippen molar-refractivity contribution in [3.8, 4) is 5.75 Å². The Bertz CT molecular complexity index is 448. The molecule has 1 aromatic heterocycles. The van der Waals surface area contributed by atoms with Gasteiger partial charge < -0.3 is 9.84 Å². The highest BCUT2D eigenvalue weighted by Crippen LogP contribution is 2.46. The average Bonchev–Trinajstić information content (AvgIpc) is 2.48. The minimum atomic E-state index is -0.734. The van der Waals surface area contributed by atoms with Crippen LogP contribution in [0.1, 0.15) is 58.4 Å². The van der Waals surface area contributed by atoms with Crippen molar-refractivity contribution in [2.45, 2.75) is 58.5 Å². The fourth-order valence-corrected chi connectivity index (χ4v) is 3.24. The number of aliphatic hydroxyl groups is 1. The Labute approximate surface area is 122 Å². The maximum absolute atomic E-state index is 10.9. The first-order chi connectivity index (χ1) is 9.41. The monoisotopic (exact) mass is 277 g/mol. The van der Waals surface area contributed by atoms with Gasteiger partial charge in [0.15, 0.2) is 0 Å². The molecule has 1 aromatic rings. The van der Waals surface area contributed by atoms with Gasteiger partial charge in [0, 0.05) is 11.8 Å². The van der Waals surface area contributed by atoms with Crippen molar-refractivity contribution in [1.82, 2.24) is 4.98 Å². The zero-order valence-electron chi connectivity index (χ0n) is 13.1. The Balaban J connectivity index is 2.11. The van der Waals surface area contributed by atoms with E-state index in [2.05, 4.69) is 25.8 Å². The molecular weight excluding hydrogens is 250 g/mol. The van der Waals surface area contributed by atoms with Crippen LogP contribution in [0.25, 0.3) is 0 Å². The molecule has 0 radical (unpaired) electrons. The molecule has 0 bridgehead atoms. The molecule has 2 rings (SSSR count). The van der Waals surface area contributed by atoms with Gasteiger partial charge in [0.25, 0.3) is 0 Å². The molecule has 1 aliphatic rings. The van der Waals surface area contributed by atoms with Crippen LogP contribution in [0.5, 0.6) is 5.75 Å². The second-order valence-corrected chi connectivity index (χ2v) is 6.76. The molecule has 3 nitrogen and oxygen atoms in total. The van der Waals surface area contributed by atoms with Crippen molar-refractivity contribution >= 4 is 0 Å². The molecule has 3 heteroatoms. The van der Waals surface area contributed by atoms with E-state index in [0.717, 1.165) is 31.2 Å². The van der Waals surface area contributed by atoms with E-state index in [1.165, 1.54) is 6.42 Å². The predicted octanol–water partition coefficient (Wildman–Crippen LogP) is 3.90. The van der Waals surface area contributed by atoms with Gasteiger partial charge in [-0.25, -0.2) is 0 Å². The number of aromatic nitrogens is 1. The Kier molecular flexibility index (Phi) is 4.38. The van der Waals surface area contributed by atoms with Crippen LogP contribution in [-0.2, 0) is 5.60 Å². The van der Waals surface area contributed by atoms with Crippen molar-refractivity contribution in [1.29, 1.82) is 0 Å². The molecule has 0 aliphatic heterocycles. The maximum atomic E-state index is 10.9. The first kappa shape index (κ1) is 15.3. The van der Waals surface area contributed by atoms with Crippen molar-refractivity contribution in [2.75, 3.05) is 7.11 Å². The summed E-state index contributed by atoms with van der Waals surface area (Å²) in [5.41, 5.74) is 0.528. The molecule has 0 unspecified atom stereocenters. The van der Waals surface area contributed by atoms with Crippen LogP contribution >= 0.6 is 0 Å².